The Hall–Kier alpha value is -1.68. The second-order valence-electron chi connectivity index (χ2n) is 2.97. The van der Waals surface area contributed by atoms with E-state index in [0.717, 1.165) is 0 Å². The van der Waals surface area contributed by atoms with Crippen molar-refractivity contribution >= 4 is 23.2 Å². The van der Waals surface area contributed by atoms with Crippen molar-refractivity contribution in [3.63, 3.8) is 0 Å². The lowest BCUT2D eigenvalue weighted by Gasteiger charge is -2.05. The molecule has 0 saturated carbocycles. The molecule has 80 valence electrons. The summed E-state index contributed by atoms with van der Waals surface area (Å²) >= 11 is 5.49. The maximum Gasteiger partial charge on any atom is 0.251 e. The Balaban J connectivity index is 2.74. The Morgan fingerprint density at radius 2 is 2.27 bits per heavy atom. The van der Waals surface area contributed by atoms with Crippen LogP contribution in [0, 0.1) is 0 Å². The SMILES string of the molecule is C=C(Cl)CNC(=O)c1ccc(N)c(O)c1. The molecule has 4 N–H and O–H groups in total. The Morgan fingerprint density at radius 1 is 1.60 bits per heavy atom. The predicted molar refractivity (Wildman–Crippen MR) is 59.8 cm³/mol. The van der Waals surface area contributed by atoms with Gasteiger partial charge in [-0.1, -0.05) is 18.2 Å². The third-order valence-electron chi connectivity index (χ3n) is 1.73. The molecule has 1 aromatic carbocycles. The molecule has 15 heavy (non-hydrogen) atoms. The van der Waals surface area contributed by atoms with E-state index in [1.165, 1.54) is 18.2 Å². The van der Waals surface area contributed by atoms with Crippen LogP contribution in [0.15, 0.2) is 29.8 Å². The molecule has 0 aliphatic carbocycles. The number of amides is 1. The zero-order valence-electron chi connectivity index (χ0n) is 7.96. The van der Waals surface area contributed by atoms with Gasteiger partial charge in [0.1, 0.15) is 5.75 Å². The number of anilines is 1. The number of carbonyl (C=O) groups excluding carboxylic acids is 1. The Bertz CT molecular complexity index is 404. The molecule has 0 bridgehead atoms. The van der Waals surface area contributed by atoms with E-state index in [1.807, 2.05) is 0 Å². The number of carbonyl (C=O) groups is 1. The first-order valence-corrected chi connectivity index (χ1v) is 4.58. The third-order valence-corrected chi connectivity index (χ3v) is 1.87. The highest BCUT2D eigenvalue weighted by atomic mass is 35.5. The molecule has 0 aromatic heterocycles. The highest BCUT2D eigenvalue weighted by molar-refractivity contribution is 6.29. The van der Waals surface area contributed by atoms with E-state index >= 15 is 0 Å². The van der Waals surface area contributed by atoms with Crippen LogP contribution in [0.25, 0.3) is 0 Å². The topological polar surface area (TPSA) is 75.4 Å². The van der Waals surface area contributed by atoms with Gasteiger partial charge in [-0.2, -0.15) is 0 Å². The number of nitrogens with two attached hydrogens (primary N) is 1. The van der Waals surface area contributed by atoms with Crippen molar-refractivity contribution in [2.24, 2.45) is 0 Å². The fraction of sp³-hybridized carbons (Fsp3) is 0.100. The van der Waals surface area contributed by atoms with Crippen LogP contribution < -0.4 is 11.1 Å². The molecule has 1 aromatic rings. The van der Waals surface area contributed by atoms with Gasteiger partial charge in [0, 0.05) is 10.6 Å². The van der Waals surface area contributed by atoms with E-state index in [1.54, 1.807) is 0 Å². The van der Waals surface area contributed by atoms with E-state index in [9.17, 15) is 9.90 Å². The van der Waals surface area contributed by atoms with Gasteiger partial charge in [-0.15, -0.1) is 0 Å². The third kappa shape index (κ3) is 3.18. The zero-order valence-corrected chi connectivity index (χ0v) is 8.71. The summed E-state index contributed by atoms with van der Waals surface area (Å²) in [6, 6.07) is 4.27. The zero-order chi connectivity index (χ0) is 11.4. The van der Waals surface area contributed by atoms with Gasteiger partial charge in [0.05, 0.1) is 12.2 Å². The fourth-order valence-electron chi connectivity index (χ4n) is 0.963. The molecule has 4 nitrogen and oxygen atoms in total. The minimum atomic E-state index is -0.341. The monoisotopic (exact) mass is 226 g/mol. The van der Waals surface area contributed by atoms with Gasteiger partial charge in [0.25, 0.3) is 5.91 Å². The van der Waals surface area contributed by atoms with E-state index in [0.29, 0.717) is 10.6 Å². The summed E-state index contributed by atoms with van der Waals surface area (Å²) in [5.74, 6) is -0.459. The molecule has 1 amide bonds. The van der Waals surface area contributed by atoms with Gasteiger partial charge in [-0.3, -0.25) is 4.79 Å². The molecular weight excluding hydrogens is 216 g/mol. The van der Waals surface area contributed by atoms with Crippen molar-refractivity contribution in [2.45, 2.75) is 0 Å². The maximum absolute atomic E-state index is 11.4. The van der Waals surface area contributed by atoms with Gasteiger partial charge in [-0.05, 0) is 18.2 Å². The van der Waals surface area contributed by atoms with Crippen molar-refractivity contribution < 1.29 is 9.90 Å². The molecule has 0 aliphatic heterocycles. The first kappa shape index (κ1) is 11.4. The number of halogens is 1. The smallest absolute Gasteiger partial charge is 0.251 e. The Kier molecular flexibility index (Phi) is 3.57. The van der Waals surface area contributed by atoms with Crippen molar-refractivity contribution in [1.82, 2.24) is 5.32 Å². The number of nitrogens with one attached hydrogen (secondary N) is 1. The average Bonchev–Trinajstić information content (AvgIpc) is 2.18. The molecule has 5 heteroatoms. The van der Waals surface area contributed by atoms with Crippen LogP contribution in [0.4, 0.5) is 5.69 Å². The number of phenols is 1. The molecule has 0 atom stereocenters. The number of nitrogen functional groups attached to an aromatic ring is 1. The molecular formula is C10H11ClN2O2. The second-order valence-corrected chi connectivity index (χ2v) is 3.51. The van der Waals surface area contributed by atoms with Crippen LogP contribution in [-0.4, -0.2) is 17.6 Å². The fourth-order valence-corrected chi connectivity index (χ4v) is 1.03. The highest BCUT2D eigenvalue weighted by Gasteiger charge is 2.07. The number of phenolic OH excluding ortho intramolecular Hbond substituents is 1. The van der Waals surface area contributed by atoms with Crippen LogP contribution in [0.5, 0.6) is 5.75 Å². The number of benzene rings is 1. The number of hydrogen-bond acceptors (Lipinski definition) is 3. The molecule has 1 rings (SSSR count). The van der Waals surface area contributed by atoms with E-state index in [4.69, 9.17) is 17.3 Å². The Morgan fingerprint density at radius 3 is 2.80 bits per heavy atom. The average molecular weight is 227 g/mol. The quantitative estimate of drug-likeness (QED) is 0.540. The summed E-state index contributed by atoms with van der Waals surface area (Å²) in [4.78, 5) is 11.4. The molecule has 0 radical (unpaired) electrons. The van der Waals surface area contributed by atoms with Gasteiger partial charge in [-0.25, -0.2) is 0 Å². The highest BCUT2D eigenvalue weighted by Crippen LogP contribution is 2.20. The molecule has 0 aliphatic rings. The molecule has 0 fully saturated rings. The van der Waals surface area contributed by atoms with Crippen LogP contribution in [0.3, 0.4) is 0 Å². The van der Waals surface area contributed by atoms with Crippen LogP contribution in [0.2, 0.25) is 0 Å². The summed E-state index contributed by atoms with van der Waals surface area (Å²) in [7, 11) is 0. The summed E-state index contributed by atoms with van der Waals surface area (Å²) in [5.41, 5.74) is 5.94. The van der Waals surface area contributed by atoms with E-state index in [-0.39, 0.29) is 23.9 Å². The minimum absolute atomic E-state index is 0.118. The molecule has 0 unspecified atom stereocenters. The summed E-state index contributed by atoms with van der Waals surface area (Å²) < 4.78 is 0. The van der Waals surface area contributed by atoms with E-state index < -0.39 is 0 Å². The van der Waals surface area contributed by atoms with E-state index in [2.05, 4.69) is 11.9 Å². The predicted octanol–water partition coefficient (Wildman–Crippen LogP) is 1.46. The van der Waals surface area contributed by atoms with Gasteiger partial charge in [0.15, 0.2) is 0 Å². The van der Waals surface area contributed by atoms with Crippen molar-refractivity contribution in [2.75, 3.05) is 12.3 Å². The number of aromatic hydroxyl groups is 1. The van der Waals surface area contributed by atoms with Gasteiger partial charge < -0.3 is 16.2 Å². The summed E-state index contributed by atoms with van der Waals surface area (Å²) in [5, 5.41) is 12.1. The van der Waals surface area contributed by atoms with Crippen molar-refractivity contribution in [3.05, 3.63) is 35.4 Å². The molecule has 0 heterocycles. The lowest BCUT2D eigenvalue weighted by molar-refractivity contribution is 0.0957. The van der Waals surface area contributed by atoms with Crippen LogP contribution in [0.1, 0.15) is 10.4 Å². The maximum atomic E-state index is 11.4. The lowest BCUT2D eigenvalue weighted by Crippen LogP contribution is -2.24. The second kappa shape index (κ2) is 4.70. The normalized spacial score (nSPS) is 9.67. The molecule has 0 spiro atoms. The summed E-state index contributed by atoms with van der Waals surface area (Å²) in [6.45, 7) is 3.62. The van der Waals surface area contributed by atoms with Crippen LogP contribution >= 0.6 is 11.6 Å². The number of hydrogen-bond donors (Lipinski definition) is 3. The largest absolute Gasteiger partial charge is 0.506 e. The molecule has 0 saturated heterocycles. The van der Waals surface area contributed by atoms with Crippen molar-refractivity contribution in [3.8, 4) is 5.75 Å². The number of rotatable bonds is 3. The minimum Gasteiger partial charge on any atom is -0.506 e. The summed E-state index contributed by atoms with van der Waals surface area (Å²) in [6.07, 6.45) is 0. The van der Waals surface area contributed by atoms with Crippen LogP contribution in [-0.2, 0) is 0 Å². The Labute approximate surface area is 92.4 Å². The standard InChI is InChI=1S/C10H11ClN2O2/c1-6(11)5-13-10(15)7-2-3-8(12)9(14)4-7/h2-4,14H,1,5,12H2,(H,13,15). The first-order chi connectivity index (χ1) is 7.00. The first-order valence-electron chi connectivity index (χ1n) is 4.20. The lowest BCUT2D eigenvalue weighted by atomic mass is 10.2. The van der Waals surface area contributed by atoms with Gasteiger partial charge in [0.2, 0.25) is 0 Å². The van der Waals surface area contributed by atoms with Crippen molar-refractivity contribution in [1.29, 1.82) is 0 Å². The van der Waals surface area contributed by atoms with Gasteiger partial charge >= 0.3 is 0 Å².